The van der Waals surface area contributed by atoms with Crippen molar-refractivity contribution in [2.24, 2.45) is 5.92 Å². The van der Waals surface area contributed by atoms with Gasteiger partial charge < -0.3 is 29.3 Å². The summed E-state index contributed by atoms with van der Waals surface area (Å²) in [7, 11) is 1.57. The number of halogens is 1. The molecule has 3 amide bonds. The van der Waals surface area contributed by atoms with Gasteiger partial charge in [0.05, 0.1) is 24.5 Å². The number of nitrogens with zero attached hydrogens (tertiary/aromatic N) is 4. The third kappa shape index (κ3) is 6.75. The van der Waals surface area contributed by atoms with E-state index in [0.29, 0.717) is 48.2 Å². The van der Waals surface area contributed by atoms with Crippen molar-refractivity contribution in [3.05, 3.63) is 112 Å². The van der Waals surface area contributed by atoms with E-state index in [2.05, 4.69) is 56.4 Å². The van der Waals surface area contributed by atoms with E-state index >= 15 is 4.39 Å². The van der Waals surface area contributed by atoms with Gasteiger partial charge in [-0.25, -0.2) is 4.39 Å². The van der Waals surface area contributed by atoms with E-state index in [1.54, 1.807) is 18.1 Å². The number of phenols is 1. The number of benzene rings is 4. The van der Waals surface area contributed by atoms with E-state index in [-0.39, 0.29) is 47.7 Å². The third-order valence-electron chi connectivity index (χ3n) is 13.8. The summed E-state index contributed by atoms with van der Waals surface area (Å²) >= 11 is 0. The maximum absolute atomic E-state index is 16.7. The zero-order valence-electron chi connectivity index (χ0n) is 33.4. The molecule has 59 heavy (non-hydrogen) atoms. The minimum Gasteiger partial charge on any atom is -0.508 e. The second-order valence-electron chi connectivity index (χ2n) is 17.2. The summed E-state index contributed by atoms with van der Waals surface area (Å²) in [5.74, 6) is 0.567. The van der Waals surface area contributed by atoms with Crippen LogP contribution in [0.2, 0.25) is 0 Å². The summed E-state index contributed by atoms with van der Waals surface area (Å²) in [5.41, 5.74) is 7.30. The molecule has 0 bridgehead atoms. The second kappa shape index (κ2) is 15.2. The Morgan fingerprint density at radius 3 is 2.46 bits per heavy atom. The molecule has 5 aliphatic heterocycles. The van der Waals surface area contributed by atoms with Crippen LogP contribution in [0.5, 0.6) is 17.2 Å². The van der Waals surface area contributed by atoms with Gasteiger partial charge >= 0.3 is 0 Å². The minimum atomic E-state index is -0.646. The van der Waals surface area contributed by atoms with Crippen LogP contribution >= 0.6 is 0 Å². The number of imide groups is 1. The first kappa shape index (κ1) is 37.6. The van der Waals surface area contributed by atoms with Gasteiger partial charge in [-0.05, 0) is 96.5 Å². The summed E-state index contributed by atoms with van der Waals surface area (Å²) in [6.07, 6.45) is 4.22. The molecule has 10 rings (SSSR count). The van der Waals surface area contributed by atoms with Crippen LogP contribution in [0.25, 0.3) is 0 Å². The molecule has 1 aliphatic carbocycles. The van der Waals surface area contributed by atoms with Gasteiger partial charge in [-0.1, -0.05) is 42.5 Å². The van der Waals surface area contributed by atoms with Crippen LogP contribution in [0.1, 0.15) is 82.1 Å². The van der Waals surface area contributed by atoms with Gasteiger partial charge in [-0.15, -0.1) is 0 Å². The highest BCUT2D eigenvalue weighted by atomic mass is 19.1. The molecule has 0 spiro atoms. The molecule has 0 saturated carbocycles. The number of amides is 3. The first-order valence-corrected chi connectivity index (χ1v) is 21.2. The van der Waals surface area contributed by atoms with Crippen molar-refractivity contribution in [3.8, 4) is 17.2 Å². The zero-order valence-corrected chi connectivity index (χ0v) is 33.4. The number of fused-ring (bicyclic) bond motifs is 5. The predicted octanol–water partition coefficient (Wildman–Crippen LogP) is 5.96. The Bertz CT molecular complexity index is 2310. The predicted molar refractivity (Wildman–Crippen MR) is 221 cm³/mol. The average Bonchev–Trinajstić information content (AvgIpc) is 3.57. The number of carbonyl (C=O) groups excluding carboxylic acids is 3. The lowest BCUT2D eigenvalue weighted by Crippen LogP contribution is -2.58. The van der Waals surface area contributed by atoms with Crippen LogP contribution in [0.3, 0.4) is 0 Å². The number of ether oxygens (including phenoxy) is 2. The topological polar surface area (TPSA) is 115 Å². The average molecular weight is 800 g/mol. The van der Waals surface area contributed by atoms with Crippen molar-refractivity contribution in [3.63, 3.8) is 0 Å². The highest BCUT2D eigenvalue weighted by Crippen LogP contribution is 2.51. The first-order chi connectivity index (χ1) is 28.7. The summed E-state index contributed by atoms with van der Waals surface area (Å²) in [6.45, 7) is 6.02. The molecule has 5 heterocycles. The van der Waals surface area contributed by atoms with Gasteiger partial charge in [-0.3, -0.25) is 24.6 Å². The lowest BCUT2D eigenvalue weighted by atomic mass is 9.69. The number of hydrogen-bond donors (Lipinski definition) is 2. The number of aryl methyl sites for hydroxylation is 1. The van der Waals surface area contributed by atoms with E-state index in [9.17, 15) is 19.5 Å². The maximum Gasteiger partial charge on any atom is 0.255 e. The lowest BCUT2D eigenvalue weighted by molar-refractivity contribution is -0.136. The molecule has 2 N–H and O–H groups in total. The second-order valence-corrected chi connectivity index (χ2v) is 17.2. The molecule has 12 heteroatoms. The molecule has 3 saturated heterocycles. The Labute approximate surface area is 343 Å². The third-order valence-corrected chi connectivity index (χ3v) is 13.8. The molecule has 6 aliphatic rings. The van der Waals surface area contributed by atoms with E-state index in [1.807, 2.05) is 30.3 Å². The molecule has 4 aromatic rings. The van der Waals surface area contributed by atoms with E-state index in [4.69, 9.17) is 9.47 Å². The molecular weight excluding hydrogens is 750 g/mol. The minimum absolute atomic E-state index is 0.116. The molecule has 4 aromatic carbocycles. The smallest absolute Gasteiger partial charge is 0.255 e. The number of methoxy groups -OCH3 is 1. The number of nitrogens with one attached hydrogen (secondary N) is 1. The van der Waals surface area contributed by atoms with Gasteiger partial charge in [-0.2, -0.15) is 0 Å². The lowest BCUT2D eigenvalue weighted by Gasteiger charge is -2.47. The number of hydrogen-bond acceptors (Lipinski definition) is 9. The standard InChI is InChI=1S/C47H50FN5O6/c1-58-45-36(43-34(29-5-3-2-4-6-29)9-7-30-21-33(54)8-10-35(30)43)11-12-38(44(45)48)51-17-15-28(16-18-51)24-50-19-20-52-32(26-50)27-59-41-23-37-31(22-40(41)52)25-53(47(37)57)39-13-14-42(55)49-46(39)56/h2-6,8,10-12,21-23,28,32,34,39,43,54H,7,9,13-20,24-27H2,1H3,(H,49,55,56)/t32-,34-,39-,43+/m0/s1. The Morgan fingerprint density at radius 1 is 0.847 bits per heavy atom. The molecule has 306 valence electrons. The fraction of sp³-hybridized carbons (Fsp3) is 0.426. The summed E-state index contributed by atoms with van der Waals surface area (Å²) in [5, 5.41) is 12.7. The SMILES string of the molecule is COc1c([C@H]2c3ccc(O)cc3CC[C@H]2c2ccccc2)ccc(N2CCC(CN3CCN4c5cc6c(cc5OC[C@@H]4C3)C(=O)N([C@H]3CCC(=O)NC3=O)C6)CC2)c1F. The molecule has 4 atom stereocenters. The van der Waals surface area contributed by atoms with Crippen molar-refractivity contribution in [1.82, 2.24) is 15.1 Å². The zero-order chi connectivity index (χ0) is 40.4. The molecule has 11 nitrogen and oxygen atoms in total. The monoisotopic (exact) mass is 799 g/mol. The normalized spacial score (nSPS) is 24.5. The molecular formula is C47H50FN5O6. The van der Waals surface area contributed by atoms with E-state index in [0.717, 1.165) is 92.9 Å². The fourth-order valence-electron chi connectivity index (χ4n) is 10.9. The Morgan fingerprint density at radius 2 is 1.66 bits per heavy atom. The van der Waals surface area contributed by atoms with Crippen LogP contribution < -0.4 is 24.6 Å². The van der Waals surface area contributed by atoms with E-state index < -0.39 is 11.9 Å². The Balaban J connectivity index is 0.792. The van der Waals surface area contributed by atoms with Crippen molar-refractivity contribution in [2.75, 3.05) is 62.8 Å². The van der Waals surface area contributed by atoms with Crippen LogP contribution in [0.15, 0.2) is 72.8 Å². The number of aromatic hydroxyl groups is 1. The number of piperazine rings is 1. The van der Waals surface area contributed by atoms with Gasteiger partial charge in [0.25, 0.3) is 5.91 Å². The number of anilines is 2. The molecule has 0 aromatic heterocycles. The molecule has 0 unspecified atom stereocenters. The van der Waals surface area contributed by atoms with Crippen LogP contribution in [-0.2, 0) is 22.6 Å². The van der Waals surface area contributed by atoms with Crippen LogP contribution in [0, 0.1) is 11.7 Å². The summed E-state index contributed by atoms with van der Waals surface area (Å²) < 4.78 is 28.9. The first-order valence-electron chi connectivity index (χ1n) is 21.2. The number of rotatable bonds is 7. The van der Waals surface area contributed by atoms with Gasteiger partial charge in [0.1, 0.15) is 24.1 Å². The summed E-state index contributed by atoms with van der Waals surface area (Å²) in [6, 6.07) is 23.5. The fourth-order valence-corrected chi connectivity index (χ4v) is 10.9. The highest BCUT2D eigenvalue weighted by molar-refractivity contribution is 6.06. The van der Waals surface area contributed by atoms with Crippen molar-refractivity contribution >= 4 is 29.1 Å². The number of carbonyl (C=O) groups is 3. The summed E-state index contributed by atoms with van der Waals surface area (Å²) in [4.78, 5) is 46.4. The molecule has 3 fully saturated rings. The quantitative estimate of drug-likeness (QED) is 0.219. The van der Waals surface area contributed by atoms with Crippen LogP contribution in [0.4, 0.5) is 15.8 Å². The van der Waals surface area contributed by atoms with Crippen molar-refractivity contribution < 1.29 is 33.4 Å². The number of piperidine rings is 2. The highest BCUT2D eigenvalue weighted by Gasteiger charge is 2.42. The van der Waals surface area contributed by atoms with E-state index in [1.165, 1.54) is 5.56 Å². The van der Waals surface area contributed by atoms with Crippen LogP contribution in [-0.4, -0.2) is 97.7 Å². The Hall–Kier alpha value is -5.62. The Kier molecular flexibility index (Phi) is 9.70. The molecule has 0 radical (unpaired) electrons. The van der Waals surface area contributed by atoms with Gasteiger partial charge in [0.15, 0.2) is 11.6 Å². The van der Waals surface area contributed by atoms with Crippen molar-refractivity contribution in [2.45, 2.75) is 69.0 Å². The number of phenolic OH excluding ortho intramolecular Hbond substituents is 1. The van der Waals surface area contributed by atoms with Gasteiger partial charge in [0.2, 0.25) is 11.8 Å². The van der Waals surface area contributed by atoms with Crippen molar-refractivity contribution in [1.29, 1.82) is 0 Å². The largest absolute Gasteiger partial charge is 0.508 e. The van der Waals surface area contributed by atoms with Gasteiger partial charge in [0, 0.05) is 69.3 Å². The maximum atomic E-state index is 16.7.